The summed E-state index contributed by atoms with van der Waals surface area (Å²) in [5, 5.41) is 0. The maximum absolute atomic E-state index is 11.6. The topological polar surface area (TPSA) is 52.3 Å². The molecule has 4 heteroatoms. The lowest BCUT2D eigenvalue weighted by atomic mass is 10.2. The van der Waals surface area contributed by atoms with Crippen molar-refractivity contribution in [3.63, 3.8) is 0 Å². The molecule has 13 heavy (non-hydrogen) atoms. The molecular weight excluding hydrogens is 173 g/mol. The zero-order valence-corrected chi connectivity index (χ0v) is 7.00. The zero-order chi connectivity index (χ0) is 9.68. The Balaban J connectivity index is 2.61. The van der Waals surface area contributed by atoms with Crippen molar-refractivity contribution in [1.82, 2.24) is 0 Å². The Morgan fingerprint density at radius 1 is 1.38 bits per heavy atom. The number of carbonyl (C=O) groups is 1. The summed E-state index contributed by atoms with van der Waals surface area (Å²) < 4.78 is 16.2. The summed E-state index contributed by atoms with van der Waals surface area (Å²) in [5.74, 6) is -0.530. The van der Waals surface area contributed by atoms with Gasteiger partial charge in [0.25, 0.3) is 0 Å². The van der Waals surface area contributed by atoms with E-state index < -0.39 is 12.6 Å². The maximum Gasteiger partial charge on any atom is 0.338 e. The number of hydrogen-bond donors (Lipinski definition) is 1. The molecule has 1 rings (SSSR count). The molecule has 0 saturated carbocycles. The number of halogens is 1. The van der Waals surface area contributed by atoms with E-state index in [2.05, 4.69) is 4.74 Å². The van der Waals surface area contributed by atoms with Gasteiger partial charge in [0.1, 0.15) is 13.3 Å². The molecule has 0 atom stereocenters. The van der Waals surface area contributed by atoms with Crippen LogP contribution >= 0.6 is 0 Å². The van der Waals surface area contributed by atoms with Gasteiger partial charge < -0.3 is 10.5 Å². The summed E-state index contributed by atoms with van der Waals surface area (Å²) >= 11 is 0. The largest absolute Gasteiger partial charge is 0.459 e. The van der Waals surface area contributed by atoms with Crippen LogP contribution in [0, 0.1) is 0 Å². The Labute approximate surface area is 75.3 Å². The molecular formula is C9H10FNO2. The van der Waals surface area contributed by atoms with Crippen LogP contribution in [0.3, 0.4) is 0 Å². The van der Waals surface area contributed by atoms with Crippen LogP contribution in [0.1, 0.15) is 10.4 Å². The van der Waals surface area contributed by atoms with Gasteiger partial charge in [0.15, 0.2) is 0 Å². The van der Waals surface area contributed by atoms with E-state index in [1.165, 1.54) is 12.1 Å². The van der Waals surface area contributed by atoms with E-state index in [-0.39, 0.29) is 6.61 Å². The Kier molecular flexibility index (Phi) is 3.25. The Bertz CT molecular complexity index is 284. The molecule has 1 aromatic rings. The Morgan fingerprint density at radius 2 is 2.00 bits per heavy atom. The molecule has 0 amide bonds. The van der Waals surface area contributed by atoms with E-state index in [0.717, 1.165) is 0 Å². The third-order valence-corrected chi connectivity index (χ3v) is 1.46. The predicted molar refractivity (Wildman–Crippen MR) is 47.1 cm³/mol. The van der Waals surface area contributed by atoms with Crippen molar-refractivity contribution in [2.45, 2.75) is 0 Å². The fourth-order valence-electron chi connectivity index (χ4n) is 0.834. The van der Waals surface area contributed by atoms with E-state index in [1.54, 1.807) is 12.1 Å². The van der Waals surface area contributed by atoms with E-state index >= 15 is 0 Å². The Morgan fingerprint density at radius 3 is 2.54 bits per heavy atom. The third kappa shape index (κ3) is 2.74. The first kappa shape index (κ1) is 9.51. The summed E-state index contributed by atoms with van der Waals surface area (Å²) in [7, 11) is 0. The Hall–Kier alpha value is -1.58. The number of nitrogens with two attached hydrogens (primary N) is 1. The van der Waals surface area contributed by atoms with Crippen molar-refractivity contribution in [2.24, 2.45) is 0 Å². The molecule has 0 unspecified atom stereocenters. The first-order valence-corrected chi connectivity index (χ1v) is 3.82. The lowest BCUT2D eigenvalue weighted by Gasteiger charge is -2.01. The number of carbonyl (C=O) groups excluding carboxylic acids is 1. The van der Waals surface area contributed by atoms with Crippen molar-refractivity contribution in [3.8, 4) is 0 Å². The molecule has 0 heterocycles. The second-order valence-corrected chi connectivity index (χ2v) is 2.45. The predicted octanol–water partition coefficient (Wildman–Crippen LogP) is 1.40. The highest BCUT2D eigenvalue weighted by atomic mass is 19.1. The number of benzene rings is 1. The third-order valence-electron chi connectivity index (χ3n) is 1.46. The first-order chi connectivity index (χ1) is 6.24. The van der Waals surface area contributed by atoms with Crippen LogP contribution in [0.5, 0.6) is 0 Å². The molecule has 0 radical (unpaired) electrons. The highest BCUT2D eigenvalue weighted by Gasteiger charge is 2.05. The van der Waals surface area contributed by atoms with Crippen LogP contribution < -0.4 is 5.73 Å². The first-order valence-electron chi connectivity index (χ1n) is 3.82. The van der Waals surface area contributed by atoms with Crippen LogP contribution in [-0.2, 0) is 4.74 Å². The minimum atomic E-state index is -0.666. The monoisotopic (exact) mass is 183 g/mol. The van der Waals surface area contributed by atoms with E-state index in [4.69, 9.17) is 5.73 Å². The average molecular weight is 183 g/mol. The van der Waals surface area contributed by atoms with Gasteiger partial charge in [0.2, 0.25) is 0 Å². The van der Waals surface area contributed by atoms with E-state index in [1.807, 2.05) is 0 Å². The lowest BCUT2D eigenvalue weighted by molar-refractivity contribution is 0.0481. The minimum absolute atomic E-state index is 0.205. The second-order valence-electron chi connectivity index (χ2n) is 2.45. The van der Waals surface area contributed by atoms with Gasteiger partial charge in [0.05, 0.1) is 5.56 Å². The molecule has 0 aliphatic rings. The molecule has 0 spiro atoms. The minimum Gasteiger partial charge on any atom is -0.459 e. The number of alkyl halides is 1. The van der Waals surface area contributed by atoms with Crippen LogP contribution in [-0.4, -0.2) is 19.3 Å². The lowest BCUT2D eigenvalue weighted by Crippen LogP contribution is -2.07. The number of hydrogen-bond acceptors (Lipinski definition) is 3. The maximum atomic E-state index is 11.6. The zero-order valence-electron chi connectivity index (χ0n) is 7.00. The fraction of sp³-hybridized carbons (Fsp3) is 0.222. The van der Waals surface area contributed by atoms with Crippen molar-refractivity contribution in [1.29, 1.82) is 0 Å². The second kappa shape index (κ2) is 4.45. The standard InChI is InChI=1S/C9H10FNO2/c10-5-6-13-9(12)7-1-3-8(11)4-2-7/h1-4H,5-6,11H2. The molecule has 0 aliphatic carbocycles. The summed E-state index contributed by atoms with van der Waals surface area (Å²) in [6.07, 6.45) is 0. The molecule has 2 N–H and O–H groups in total. The van der Waals surface area contributed by atoms with Crippen LogP contribution in [0.15, 0.2) is 24.3 Å². The molecule has 3 nitrogen and oxygen atoms in total. The number of esters is 1. The summed E-state index contributed by atoms with van der Waals surface area (Å²) in [5.41, 5.74) is 6.36. The van der Waals surface area contributed by atoms with E-state index in [9.17, 15) is 9.18 Å². The SMILES string of the molecule is Nc1ccc(C(=O)OCCF)cc1. The highest BCUT2D eigenvalue weighted by molar-refractivity contribution is 5.89. The van der Waals surface area contributed by atoms with Crippen molar-refractivity contribution < 1.29 is 13.9 Å². The number of nitrogen functional groups attached to an aromatic ring is 1. The molecule has 0 saturated heterocycles. The number of rotatable bonds is 3. The molecule has 0 aromatic heterocycles. The van der Waals surface area contributed by atoms with Gasteiger partial charge in [-0.15, -0.1) is 0 Å². The van der Waals surface area contributed by atoms with Gasteiger partial charge in [-0.1, -0.05) is 0 Å². The van der Waals surface area contributed by atoms with Crippen molar-refractivity contribution >= 4 is 11.7 Å². The van der Waals surface area contributed by atoms with E-state index in [0.29, 0.717) is 11.3 Å². The van der Waals surface area contributed by atoms with Crippen LogP contribution in [0.25, 0.3) is 0 Å². The molecule has 1 aromatic carbocycles. The van der Waals surface area contributed by atoms with Gasteiger partial charge in [-0.2, -0.15) is 0 Å². The van der Waals surface area contributed by atoms with Gasteiger partial charge in [0, 0.05) is 5.69 Å². The van der Waals surface area contributed by atoms with Crippen molar-refractivity contribution in [2.75, 3.05) is 19.0 Å². The highest BCUT2D eigenvalue weighted by Crippen LogP contribution is 2.06. The summed E-state index contributed by atoms with van der Waals surface area (Å²) in [4.78, 5) is 11.1. The van der Waals surface area contributed by atoms with Gasteiger partial charge in [-0.05, 0) is 24.3 Å². The smallest absolute Gasteiger partial charge is 0.338 e. The summed E-state index contributed by atoms with van der Waals surface area (Å²) in [6, 6.07) is 6.25. The number of anilines is 1. The normalized spacial score (nSPS) is 9.62. The fourth-order valence-corrected chi connectivity index (χ4v) is 0.834. The average Bonchev–Trinajstić information content (AvgIpc) is 2.15. The quantitative estimate of drug-likeness (QED) is 0.569. The summed E-state index contributed by atoms with van der Waals surface area (Å²) in [6.45, 7) is -0.871. The van der Waals surface area contributed by atoms with Crippen LogP contribution in [0.4, 0.5) is 10.1 Å². The van der Waals surface area contributed by atoms with Gasteiger partial charge in [-0.3, -0.25) is 0 Å². The van der Waals surface area contributed by atoms with Gasteiger partial charge >= 0.3 is 5.97 Å². The molecule has 0 aliphatic heterocycles. The van der Waals surface area contributed by atoms with Crippen molar-refractivity contribution in [3.05, 3.63) is 29.8 Å². The van der Waals surface area contributed by atoms with Crippen LogP contribution in [0.2, 0.25) is 0 Å². The van der Waals surface area contributed by atoms with Gasteiger partial charge in [-0.25, -0.2) is 9.18 Å². The molecule has 70 valence electrons. The molecule has 0 fully saturated rings. The molecule has 0 bridgehead atoms. The number of ether oxygens (including phenoxy) is 1.